The van der Waals surface area contributed by atoms with Gasteiger partial charge in [-0.25, -0.2) is 4.39 Å². The number of hydrogen-bond acceptors (Lipinski definition) is 2. The van der Waals surface area contributed by atoms with Crippen molar-refractivity contribution in [3.63, 3.8) is 0 Å². The zero-order valence-corrected chi connectivity index (χ0v) is 12.6. The van der Waals surface area contributed by atoms with Crippen molar-refractivity contribution in [2.75, 3.05) is 6.61 Å². The minimum absolute atomic E-state index is 0.107. The first kappa shape index (κ1) is 16.4. The van der Waals surface area contributed by atoms with Gasteiger partial charge in [-0.05, 0) is 24.5 Å². The van der Waals surface area contributed by atoms with Crippen molar-refractivity contribution in [2.45, 2.75) is 18.9 Å². The van der Waals surface area contributed by atoms with E-state index < -0.39 is 5.92 Å². The summed E-state index contributed by atoms with van der Waals surface area (Å²) in [6.45, 7) is 7.73. The molecular formula is C19H21FO2. The van der Waals surface area contributed by atoms with Gasteiger partial charge in [-0.1, -0.05) is 48.6 Å². The fraction of sp³-hybridized carbons (Fsp3) is 0.316. The van der Waals surface area contributed by atoms with Crippen LogP contribution in [0.4, 0.5) is 4.39 Å². The van der Waals surface area contributed by atoms with Gasteiger partial charge in [-0.2, -0.15) is 0 Å². The lowest BCUT2D eigenvalue weighted by molar-refractivity contribution is -0.136. The molecule has 1 fully saturated rings. The molecule has 0 bridgehead atoms. The first-order valence-corrected chi connectivity index (χ1v) is 7.45. The van der Waals surface area contributed by atoms with Crippen molar-refractivity contribution in [2.24, 2.45) is 11.8 Å². The molecule has 0 saturated carbocycles. The molecule has 2 nitrogen and oxygen atoms in total. The molecule has 3 atom stereocenters. The fourth-order valence-electron chi connectivity index (χ4n) is 2.81. The molecule has 1 aliphatic carbocycles. The third-order valence-electron chi connectivity index (χ3n) is 4.01. The van der Waals surface area contributed by atoms with Gasteiger partial charge in [-0.3, -0.25) is 4.79 Å². The zero-order chi connectivity index (χ0) is 15.9. The molecule has 1 aliphatic heterocycles. The maximum atomic E-state index is 12.8. The van der Waals surface area contributed by atoms with Gasteiger partial charge in [0, 0.05) is 0 Å². The van der Waals surface area contributed by atoms with E-state index in [1.807, 2.05) is 24.3 Å². The summed E-state index contributed by atoms with van der Waals surface area (Å²) in [5, 5.41) is 0. The average Bonchev–Trinajstić information content (AvgIpc) is 2.55. The van der Waals surface area contributed by atoms with Gasteiger partial charge in [-0.15, -0.1) is 6.58 Å². The Kier molecular flexibility index (Phi) is 5.84. The van der Waals surface area contributed by atoms with E-state index in [0.29, 0.717) is 18.5 Å². The SMILES string of the molecule is C=CCCC1=CC2C(=O)C(/C(C=C)=C/C=C/F)COC2C=C1. The topological polar surface area (TPSA) is 26.3 Å². The number of hydrogen-bond donors (Lipinski definition) is 0. The Labute approximate surface area is 131 Å². The molecule has 1 saturated heterocycles. The van der Waals surface area contributed by atoms with E-state index >= 15 is 0 Å². The molecule has 0 spiro atoms. The number of fused-ring (bicyclic) bond motifs is 1. The highest BCUT2D eigenvalue weighted by Crippen LogP contribution is 2.33. The Morgan fingerprint density at radius 2 is 2.27 bits per heavy atom. The summed E-state index contributed by atoms with van der Waals surface area (Å²) in [6.07, 6.45) is 14.3. The number of ketones is 1. The van der Waals surface area contributed by atoms with Gasteiger partial charge in [0.2, 0.25) is 0 Å². The number of Topliss-reactive ketones (excluding diaryl/α,β-unsaturated/α-hetero) is 1. The van der Waals surface area contributed by atoms with Gasteiger partial charge in [0.25, 0.3) is 0 Å². The van der Waals surface area contributed by atoms with Gasteiger partial charge in [0.05, 0.1) is 30.9 Å². The smallest absolute Gasteiger partial charge is 0.152 e. The molecule has 22 heavy (non-hydrogen) atoms. The molecule has 1 heterocycles. The molecule has 2 rings (SSSR count). The summed E-state index contributed by atoms with van der Waals surface area (Å²) in [6, 6.07) is 0. The minimum atomic E-state index is -0.390. The highest BCUT2D eigenvalue weighted by atomic mass is 19.1. The molecule has 3 unspecified atom stereocenters. The third-order valence-corrected chi connectivity index (χ3v) is 4.01. The van der Waals surface area contributed by atoms with E-state index in [1.165, 1.54) is 6.08 Å². The normalized spacial score (nSPS) is 28.4. The summed E-state index contributed by atoms with van der Waals surface area (Å²) in [7, 11) is 0. The van der Waals surface area contributed by atoms with Gasteiger partial charge >= 0.3 is 0 Å². The van der Waals surface area contributed by atoms with Crippen LogP contribution in [0.3, 0.4) is 0 Å². The van der Waals surface area contributed by atoms with Gasteiger partial charge in [0.1, 0.15) is 0 Å². The first-order valence-electron chi connectivity index (χ1n) is 7.45. The fourth-order valence-corrected chi connectivity index (χ4v) is 2.81. The van der Waals surface area contributed by atoms with Crippen molar-refractivity contribution in [1.82, 2.24) is 0 Å². The molecule has 2 aliphatic rings. The third kappa shape index (κ3) is 3.60. The van der Waals surface area contributed by atoms with Crippen molar-refractivity contribution in [1.29, 1.82) is 0 Å². The molecule has 116 valence electrons. The Morgan fingerprint density at radius 3 is 2.95 bits per heavy atom. The summed E-state index contributed by atoms with van der Waals surface area (Å²) in [5.74, 6) is -0.560. The molecule has 0 aromatic heterocycles. The lowest BCUT2D eigenvalue weighted by Crippen LogP contribution is -2.42. The van der Waals surface area contributed by atoms with E-state index in [-0.39, 0.29) is 17.8 Å². The van der Waals surface area contributed by atoms with Crippen LogP contribution in [0.25, 0.3) is 0 Å². The molecule has 0 radical (unpaired) electrons. The van der Waals surface area contributed by atoms with Crippen LogP contribution in [0.1, 0.15) is 12.8 Å². The molecule has 0 N–H and O–H groups in total. The van der Waals surface area contributed by atoms with Crippen LogP contribution in [0.5, 0.6) is 0 Å². The Morgan fingerprint density at radius 1 is 1.45 bits per heavy atom. The zero-order valence-electron chi connectivity index (χ0n) is 12.6. The molecular weight excluding hydrogens is 279 g/mol. The molecule has 0 aromatic rings. The number of allylic oxidation sites excluding steroid dienone is 6. The van der Waals surface area contributed by atoms with Crippen LogP contribution in [0.15, 0.2) is 73.2 Å². The van der Waals surface area contributed by atoms with Gasteiger partial charge < -0.3 is 4.74 Å². The Hall–Kier alpha value is -2.00. The number of carbonyl (C=O) groups is 1. The summed E-state index contributed by atoms with van der Waals surface area (Å²) >= 11 is 0. The Bertz CT molecular complexity index is 566. The Balaban J connectivity index is 2.19. The lowest BCUT2D eigenvalue weighted by Gasteiger charge is -2.34. The van der Waals surface area contributed by atoms with Crippen LogP contribution < -0.4 is 0 Å². The molecule has 0 aromatic carbocycles. The standard InChI is InChI=1S/C19H21FO2/c1-3-5-7-14-9-10-18-16(12-14)19(21)17(13-22-18)15(4-2)8-6-11-20/h3-4,6,8-12,16-18H,1-2,5,7,13H2/b11-6+,15-8+. The lowest BCUT2D eigenvalue weighted by atomic mass is 9.79. The highest BCUT2D eigenvalue weighted by Gasteiger charge is 2.38. The van der Waals surface area contributed by atoms with Crippen LogP contribution in [-0.4, -0.2) is 18.5 Å². The first-order chi connectivity index (χ1) is 10.7. The van der Waals surface area contributed by atoms with Crippen LogP contribution in [0, 0.1) is 11.8 Å². The second-order valence-corrected chi connectivity index (χ2v) is 5.40. The minimum Gasteiger partial charge on any atom is -0.372 e. The maximum Gasteiger partial charge on any atom is 0.152 e. The summed E-state index contributed by atoms with van der Waals surface area (Å²) < 4.78 is 18.0. The predicted molar refractivity (Wildman–Crippen MR) is 86.9 cm³/mol. The number of rotatable bonds is 6. The van der Waals surface area contributed by atoms with E-state index in [1.54, 1.807) is 12.2 Å². The second kappa shape index (κ2) is 7.85. The second-order valence-electron chi connectivity index (χ2n) is 5.40. The number of carbonyl (C=O) groups excluding carboxylic acids is 1. The number of ether oxygens (including phenoxy) is 1. The van der Waals surface area contributed by atoms with Gasteiger partial charge in [0.15, 0.2) is 5.78 Å². The largest absolute Gasteiger partial charge is 0.372 e. The van der Waals surface area contributed by atoms with E-state index in [0.717, 1.165) is 18.4 Å². The summed E-state index contributed by atoms with van der Waals surface area (Å²) in [4.78, 5) is 12.8. The molecule has 3 heteroatoms. The average molecular weight is 300 g/mol. The quantitative estimate of drug-likeness (QED) is 0.541. The van der Waals surface area contributed by atoms with E-state index in [4.69, 9.17) is 4.74 Å². The van der Waals surface area contributed by atoms with E-state index in [9.17, 15) is 9.18 Å². The van der Waals surface area contributed by atoms with Crippen LogP contribution in [0.2, 0.25) is 0 Å². The highest BCUT2D eigenvalue weighted by molar-refractivity contribution is 5.90. The summed E-state index contributed by atoms with van der Waals surface area (Å²) in [5.41, 5.74) is 1.82. The van der Waals surface area contributed by atoms with E-state index in [2.05, 4.69) is 13.2 Å². The maximum absolute atomic E-state index is 12.8. The van der Waals surface area contributed by atoms with Crippen molar-refractivity contribution in [3.8, 4) is 0 Å². The molecule has 0 amide bonds. The number of halogens is 1. The monoisotopic (exact) mass is 300 g/mol. The van der Waals surface area contributed by atoms with Crippen molar-refractivity contribution < 1.29 is 13.9 Å². The van der Waals surface area contributed by atoms with Crippen molar-refractivity contribution >= 4 is 5.78 Å². The van der Waals surface area contributed by atoms with Crippen LogP contribution >= 0.6 is 0 Å². The predicted octanol–water partition coefficient (Wildman–Crippen LogP) is 4.24. The van der Waals surface area contributed by atoms with Crippen LogP contribution in [-0.2, 0) is 9.53 Å². The van der Waals surface area contributed by atoms with Crippen molar-refractivity contribution in [3.05, 3.63) is 73.2 Å².